The Labute approximate surface area is 112 Å². The lowest BCUT2D eigenvalue weighted by molar-refractivity contribution is 0.807. The van der Waals surface area contributed by atoms with Crippen LogP contribution >= 0.6 is 0 Å². The smallest absolute Gasteiger partial charge is 0.148 e. The van der Waals surface area contributed by atoms with Gasteiger partial charge in [0.05, 0.1) is 6.54 Å². The second kappa shape index (κ2) is 5.66. The Kier molecular flexibility index (Phi) is 3.96. The minimum Gasteiger partial charge on any atom is -0.362 e. The third kappa shape index (κ3) is 2.82. The normalized spacial score (nSPS) is 10.5. The SMILES string of the molecule is CCc1nc(NN)c(C)c(NCc2nccn2C)n1. The summed E-state index contributed by atoms with van der Waals surface area (Å²) in [4.78, 5) is 13.1. The molecule has 0 bridgehead atoms. The first kappa shape index (κ1) is 13.3. The maximum atomic E-state index is 5.47. The Bertz CT molecular complexity index is 561. The van der Waals surface area contributed by atoms with Crippen molar-refractivity contribution >= 4 is 11.6 Å². The molecule has 2 heterocycles. The van der Waals surface area contributed by atoms with Gasteiger partial charge < -0.3 is 15.3 Å². The van der Waals surface area contributed by atoms with Crippen molar-refractivity contribution in [3.8, 4) is 0 Å². The van der Waals surface area contributed by atoms with Crippen LogP contribution in [0.5, 0.6) is 0 Å². The number of nitrogens with zero attached hydrogens (tertiary/aromatic N) is 4. The van der Waals surface area contributed by atoms with Gasteiger partial charge in [-0.25, -0.2) is 20.8 Å². The van der Waals surface area contributed by atoms with Gasteiger partial charge in [-0.2, -0.15) is 0 Å². The predicted octanol–water partition coefficient (Wildman–Crippen LogP) is 0.979. The standard InChI is InChI=1S/C12H19N7/c1-4-9-16-11(8(2)12(17-9)18-13)15-7-10-14-5-6-19(10)3/h5-6H,4,7,13H2,1-3H3,(H2,15,16,17,18). The fraction of sp³-hybridized carbons (Fsp3) is 0.417. The second-order valence-corrected chi connectivity index (χ2v) is 4.27. The van der Waals surface area contributed by atoms with E-state index in [0.29, 0.717) is 12.4 Å². The van der Waals surface area contributed by atoms with Crippen LogP contribution in [0.25, 0.3) is 0 Å². The van der Waals surface area contributed by atoms with Crippen LogP contribution in [-0.2, 0) is 20.0 Å². The minimum atomic E-state index is 0.606. The molecule has 4 N–H and O–H groups in total. The molecule has 0 saturated heterocycles. The van der Waals surface area contributed by atoms with Crippen LogP contribution in [0.2, 0.25) is 0 Å². The van der Waals surface area contributed by atoms with Gasteiger partial charge in [0.15, 0.2) is 0 Å². The number of nitrogen functional groups attached to an aromatic ring is 1. The van der Waals surface area contributed by atoms with E-state index in [1.165, 1.54) is 0 Å². The highest BCUT2D eigenvalue weighted by Gasteiger charge is 2.10. The molecule has 0 spiro atoms. The Morgan fingerprint density at radius 3 is 2.63 bits per heavy atom. The maximum Gasteiger partial charge on any atom is 0.148 e. The first-order chi connectivity index (χ1) is 9.15. The minimum absolute atomic E-state index is 0.606. The molecule has 2 aromatic rings. The summed E-state index contributed by atoms with van der Waals surface area (Å²) in [6.07, 6.45) is 4.44. The van der Waals surface area contributed by atoms with E-state index in [0.717, 1.165) is 29.5 Å². The number of aromatic nitrogens is 4. The van der Waals surface area contributed by atoms with Crippen LogP contribution in [0.3, 0.4) is 0 Å². The van der Waals surface area contributed by atoms with Gasteiger partial charge in [-0.15, -0.1) is 0 Å². The highest BCUT2D eigenvalue weighted by atomic mass is 15.3. The van der Waals surface area contributed by atoms with E-state index in [4.69, 9.17) is 5.84 Å². The molecule has 0 aliphatic heterocycles. The largest absolute Gasteiger partial charge is 0.362 e. The summed E-state index contributed by atoms with van der Waals surface area (Å²) < 4.78 is 1.96. The van der Waals surface area contributed by atoms with E-state index in [9.17, 15) is 0 Å². The summed E-state index contributed by atoms with van der Waals surface area (Å²) in [6, 6.07) is 0. The van der Waals surface area contributed by atoms with Gasteiger partial charge in [0, 0.05) is 31.4 Å². The molecule has 102 valence electrons. The van der Waals surface area contributed by atoms with Crippen molar-refractivity contribution < 1.29 is 0 Å². The number of nitrogens with two attached hydrogens (primary N) is 1. The summed E-state index contributed by atoms with van der Waals surface area (Å²) in [5, 5.41) is 3.28. The fourth-order valence-electron chi connectivity index (χ4n) is 1.76. The van der Waals surface area contributed by atoms with Crippen LogP contribution < -0.4 is 16.6 Å². The summed E-state index contributed by atoms with van der Waals surface area (Å²) in [6.45, 7) is 4.54. The maximum absolute atomic E-state index is 5.47. The lowest BCUT2D eigenvalue weighted by Gasteiger charge is -2.13. The highest BCUT2D eigenvalue weighted by Crippen LogP contribution is 2.19. The fourth-order valence-corrected chi connectivity index (χ4v) is 1.76. The Balaban J connectivity index is 2.22. The lowest BCUT2D eigenvalue weighted by atomic mass is 10.3. The van der Waals surface area contributed by atoms with Crippen molar-refractivity contribution in [3.63, 3.8) is 0 Å². The van der Waals surface area contributed by atoms with Gasteiger partial charge in [0.2, 0.25) is 0 Å². The Morgan fingerprint density at radius 1 is 1.32 bits per heavy atom. The van der Waals surface area contributed by atoms with E-state index >= 15 is 0 Å². The van der Waals surface area contributed by atoms with Gasteiger partial charge in [0.25, 0.3) is 0 Å². The number of hydrogen-bond donors (Lipinski definition) is 3. The molecule has 2 rings (SSSR count). The molecule has 7 nitrogen and oxygen atoms in total. The molecule has 7 heteroatoms. The quantitative estimate of drug-likeness (QED) is 0.548. The van der Waals surface area contributed by atoms with E-state index in [-0.39, 0.29) is 0 Å². The van der Waals surface area contributed by atoms with Crippen LogP contribution in [0.4, 0.5) is 11.6 Å². The van der Waals surface area contributed by atoms with Crippen molar-refractivity contribution in [1.82, 2.24) is 19.5 Å². The monoisotopic (exact) mass is 261 g/mol. The van der Waals surface area contributed by atoms with Crippen molar-refractivity contribution in [1.29, 1.82) is 0 Å². The summed E-state index contributed by atoms with van der Waals surface area (Å²) in [5.74, 6) is 8.59. The predicted molar refractivity (Wildman–Crippen MR) is 74.5 cm³/mol. The van der Waals surface area contributed by atoms with Crippen molar-refractivity contribution in [2.75, 3.05) is 10.7 Å². The van der Waals surface area contributed by atoms with Crippen LogP contribution in [-0.4, -0.2) is 19.5 Å². The number of hydrazine groups is 1. The molecule has 0 aliphatic carbocycles. The van der Waals surface area contributed by atoms with Crippen molar-refractivity contribution in [3.05, 3.63) is 29.6 Å². The molecular formula is C12H19N7. The molecule has 0 atom stereocenters. The summed E-state index contributed by atoms with van der Waals surface area (Å²) >= 11 is 0. The lowest BCUT2D eigenvalue weighted by Crippen LogP contribution is -2.15. The van der Waals surface area contributed by atoms with E-state index in [1.54, 1.807) is 6.20 Å². The summed E-state index contributed by atoms with van der Waals surface area (Å²) in [7, 11) is 1.96. The zero-order chi connectivity index (χ0) is 13.8. The number of rotatable bonds is 5. The molecule has 0 aliphatic rings. The zero-order valence-corrected chi connectivity index (χ0v) is 11.4. The Morgan fingerprint density at radius 2 is 2.05 bits per heavy atom. The van der Waals surface area contributed by atoms with E-state index in [2.05, 4.69) is 25.7 Å². The average Bonchev–Trinajstić information content (AvgIpc) is 2.83. The average molecular weight is 261 g/mol. The second-order valence-electron chi connectivity index (χ2n) is 4.27. The molecule has 19 heavy (non-hydrogen) atoms. The molecule has 0 radical (unpaired) electrons. The number of anilines is 2. The molecule has 0 aromatic carbocycles. The zero-order valence-electron chi connectivity index (χ0n) is 11.4. The molecule has 0 saturated carbocycles. The van der Waals surface area contributed by atoms with Gasteiger partial charge in [0.1, 0.15) is 23.3 Å². The number of nitrogens with one attached hydrogen (secondary N) is 2. The van der Waals surface area contributed by atoms with Crippen LogP contribution in [0, 0.1) is 6.92 Å². The molecular weight excluding hydrogens is 242 g/mol. The first-order valence-electron chi connectivity index (χ1n) is 6.20. The van der Waals surface area contributed by atoms with Gasteiger partial charge >= 0.3 is 0 Å². The van der Waals surface area contributed by atoms with E-state index in [1.807, 2.05) is 31.7 Å². The van der Waals surface area contributed by atoms with E-state index < -0.39 is 0 Å². The Hall–Kier alpha value is -2.15. The van der Waals surface area contributed by atoms with Gasteiger partial charge in [-0.05, 0) is 6.92 Å². The number of imidazole rings is 1. The summed E-state index contributed by atoms with van der Waals surface area (Å²) in [5.41, 5.74) is 3.50. The molecule has 0 unspecified atom stereocenters. The molecule has 2 aromatic heterocycles. The number of hydrogen-bond acceptors (Lipinski definition) is 6. The van der Waals surface area contributed by atoms with Crippen molar-refractivity contribution in [2.24, 2.45) is 12.9 Å². The van der Waals surface area contributed by atoms with Crippen molar-refractivity contribution in [2.45, 2.75) is 26.8 Å². The highest BCUT2D eigenvalue weighted by molar-refractivity contribution is 5.56. The van der Waals surface area contributed by atoms with Gasteiger partial charge in [-0.1, -0.05) is 6.92 Å². The van der Waals surface area contributed by atoms with Gasteiger partial charge in [-0.3, -0.25) is 0 Å². The topological polar surface area (TPSA) is 93.7 Å². The third-order valence-corrected chi connectivity index (χ3v) is 2.98. The van der Waals surface area contributed by atoms with Crippen LogP contribution in [0.15, 0.2) is 12.4 Å². The van der Waals surface area contributed by atoms with Crippen LogP contribution in [0.1, 0.15) is 24.1 Å². The number of aryl methyl sites for hydroxylation is 2. The third-order valence-electron chi connectivity index (χ3n) is 2.98. The molecule has 0 amide bonds. The first-order valence-corrected chi connectivity index (χ1v) is 6.20. The molecule has 0 fully saturated rings.